The zero-order valence-electron chi connectivity index (χ0n) is 21.8. The number of hydrogen-bond donors (Lipinski definition) is 2. The van der Waals surface area contributed by atoms with E-state index in [2.05, 4.69) is 107 Å². The van der Waals surface area contributed by atoms with Crippen molar-refractivity contribution < 1.29 is 0 Å². The molecule has 2 N–H and O–H groups in total. The second-order valence-electron chi connectivity index (χ2n) is 9.92. The van der Waals surface area contributed by atoms with Crippen molar-refractivity contribution in [1.82, 2.24) is 20.1 Å². The van der Waals surface area contributed by atoms with Crippen LogP contribution in [-0.4, -0.2) is 47.5 Å². The molecule has 2 aromatic carbocycles. The summed E-state index contributed by atoms with van der Waals surface area (Å²) in [7, 11) is 0. The van der Waals surface area contributed by atoms with E-state index < -0.39 is 0 Å². The van der Waals surface area contributed by atoms with Crippen LogP contribution in [-0.2, 0) is 0 Å². The first-order valence-corrected chi connectivity index (χ1v) is 13.2. The number of aromatic nitrogens is 1. The van der Waals surface area contributed by atoms with Crippen LogP contribution in [0.25, 0.3) is 22.2 Å². The van der Waals surface area contributed by atoms with Crippen LogP contribution in [0.2, 0.25) is 0 Å². The Labute approximate surface area is 220 Å². The zero-order valence-corrected chi connectivity index (χ0v) is 21.8. The monoisotopic (exact) mass is 491 g/mol. The number of hydrogen-bond acceptors (Lipinski definition) is 5. The number of likely N-dealkylation sites (tertiary alicyclic amines) is 1. The fourth-order valence-corrected chi connectivity index (χ4v) is 5.39. The van der Waals surface area contributed by atoms with Gasteiger partial charge in [-0.25, -0.2) is 4.98 Å². The van der Waals surface area contributed by atoms with Crippen LogP contribution < -0.4 is 10.6 Å². The largest absolute Gasteiger partial charge is 0.371 e. The highest BCUT2D eigenvalue weighted by molar-refractivity contribution is 5.87. The Morgan fingerprint density at radius 3 is 2.51 bits per heavy atom. The Morgan fingerprint density at radius 1 is 1.00 bits per heavy atom. The minimum atomic E-state index is 0.414. The molecule has 0 radical (unpaired) electrons. The third-order valence-corrected chi connectivity index (χ3v) is 7.57. The average Bonchev–Trinajstić information content (AvgIpc) is 2.94. The van der Waals surface area contributed by atoms with Gasteiger partial charge in [0.2, 0.25) is 0 Å². The van der Waals surface area contributed by atoms with Gasteiger partial charge in [-0.05, 0) is 48.4 Å². The number of piperazine rings is 1. The van der Waals surface area contributed by atoms with E-state index in [0.29, 0.717) is 5.92 Å². The van der Waals surface area contributed by atoms with Crippen LogP contribution in [0.4, 0.5) is 5.82 Å². The summed E-state index contributed by atoms with van der Waals surface area (Å²) in [5, 5.41) is 9.20. The van der Waals surface area contributed by atoms with Crippen molar-refractivity contribution in [3.8, 4) is 0 Å². The number of nitrogens with one attached hydrogen (secondary N) is 2. The number of fused-ring (bicyclic) bond motifs is 1. The maximum Gasteiger partial charge on any atom is 0.130 e. The van der Waals surface area contributed by atoms with E-state index in [1.54, 1.807) is 0 Å². The van der Waals surface area contributed by atoms with Crippen molar-refractivity contribution in [2.75, 3.05) is 38.0 Å². The lowest BCUT2D eigenvalue weighted by molar-refractivity contribution is 0.279. The summed E-state index contributed by atoms with van der Waals surface area (Å²) in [6.45, 7) is 19.8. The van der Waals surface area contributed by atoms with Crippen molar-refractivity contribution in [3.05, 3.63) is 109 Å². The maximum atomic E-state index is 4.68. The molecule has 5 rings (SSSR count). The standard InChI is InChI=1S/C32H37N5/c1-5-31(37-18-15-33-21-23(37)2)28-11-12-29-22-34-32(20-30(29)19-28)35-24(3)26-13-16-36(17-14-26)25(4)27-9-7-6-8-10-27/h5-12,19-20,22,26,33H,2-4,13-18,21H2,1H3,(H,34,35)/b31-5-. The molecule has 5 nitrogen and oxygen atoms in total. The lowest BCUT2D eigenvalue weighted by atomic mass is 9.93. The lowest BCUT2D eigenvalue weighted by Crippen LogP contribution is -2.40. The van der Waals surface area contributed by atoms with E-state index in [4.69, 9.17) is 0 Å². The average molecular weight is 492 g/mol. The van der Waals surface area contributed by atoms with Crippen molar-refractivity contribution in [1.29, 1.82) is 0 Å². The smallest absolute Gasteiger partial charge is 0.130 e. The Morgan fingerprint density at radius 2 is 1.78 bits per heavy atom. The third kappa shape index (κ3) is 5.47. The Bertz CT molecular complexity index is 1330. The molecule has 0 spiro atoms. The topological polar surface area (TPSA) is 43.4 Å². The predicted octanol–water partition coefficient (Wildman–Crippen LogP) is 6.32. The summed E-state index contributed by atoms with van der Waals surface area (Å²) in [5.74, 6) is 1.26. The first-order chi connectivity index (χ1) is 18.0. The van der Waals surface area contributed by atoms with Gasteiger partial charge in [0.25, 0.3) is 0 Å². The number of nitrogens with zero attached hydrogens (tertiary/aromatic N) is 3. The molecule has 190 valence electrons. The summed E-state index contributed by atoms with van der Waals surface area (Å²) < 4.78 is 0. The summed E-state index contributed by atoms with van der Waals surface area (Å²) in [5.41, 5.74) is 6.84. The highest BCUT2D eigenvalue weighted by Gasteiger charge is 2.23. The number of rotatable bonds is 7. The summed E-state index contributed by atoms with van der Waals surface area (Å²) in [6.07, 6.45) is 6.22. The first kappa shape index (κ1) is 24.8. The molecular formula is C32H37N5. The van der Waals surface area contributed by atoms with E-state index in [1.807, 2.05) is 12.3 Å². The molecule has 0 atom stereocenters. The minimum Gasteiger partial charge on any atom is -0.371 e. The zero-order chi connectivity index (χ0) is 25.8. The van der Waals surface area contributed by atoms with Crippen molar-refractivity contribution in [3.63, 3.8) is 0 Å². The van der Waals surface area contributed by atoms with Gasteiger partial charge in [0.15, 0.2) is 0 Å². The quantitative estimate of drug-likeness (QED) is 0.405. The van der Waals surface area contributed by atoms with Crippen LogP contribution in [0.15, 0.2) is 98.0 Å². The van der Waals surface area contributed by atoms with Gasteiger partial charge in [0, 0.05) is 73.0 Å². The number of piperidine rings is 1. The SMILES string of the molecule is C=C(Nc1cc2cc(/C(=C/C)N3CCNCC3=C)ccc2cn1)C1CCN(C(=C)c2ccccc2)CC1. The van der Waals surface area contributed by atoms with Crippen LogP contribution >= 0.6 is 0 Å². The molecule has 1 aromatic heterocycles. The van der Waals surface area contributed by atoms with Gasteiger partial charge >= 0.3 is 0 Å². The van der Waals surface area contributed by atoms with Gasteiger partial charge < -0.3 is 20.4 Å². The van der Waals surface area contributed by atoms with Crippen LogP contribution in [0.1, 0.15) is 30.9 Å². The Balaban J connectivity index is 1.25. The van der Waals surface area contributed by atoms with Crippen LogP contribution in [0.3, 0.4) is 0 Å². The molecule has 37 heavy (non-hydrogen) atoms. The fraction of sp³-hybridized carbons (Fsp3) is 0.281. The molecule has 0 amide bonds. The van der Waals surface area contributed by atoms with Crippen LogP contribution in [0.5, 0.6) is 0 Å². The van der Waals surface area contributed by atoms with E-state index in [9.17, 15) is 0 Å². The molecule has 2 aliphatic rings. The first-order valence-electron chi connectivity index (χ1n) is 13.2. The van der Waals surface area contributed by atoms with E-state index >= 15 is 0 Å². The number of pyridine rings is 1. The van der Waals surface area contributed by atoms with Crippen molar-refractivity contribution in [2.45, 2.75) is 19.8 Å². The highest BCUT2D eigenvalue weighted by Crippen LogP contribution is 2.31. The second-order valence-corrected chi connectivity index (χ2v) is 9.92. The normalized spacial score (nSPS) is 17.2. The van der Waals surface area contributed by atoms with E-state index in [-0.39, 0.29) is 0 Å². The van der Waals surface area contributed by atoms with Gasteiger partial charge in [-0.15, -0.1) is 0 Å². The second kappa shape index (κ2) is 11.1. The van der Waals surface area contributed by atoms with Crippen molar-refractivity contribution >= 4 is 28.0 Å². The minimum absolute atomic E-state index is 0.414. The van der Waals surface area contributed by atoms with Gasteiger partial charge in [0.05, 0.1) is 0 Å². The molecule has 5 heteroatoms. The molecule has 2 saturated heterocycles. The predicted molar refractivity (Wildman–Crippen MR) is 157 cm³/mol. The maximum absolute atomic E-state index is 4.68. The third-order valence-electron chi connectivity index (χ3n) is 7.57. The molecule has 0 aliphatic carbocycles. The molecular weight excluding hydrogens is 454 g/mol. The lowest BCUT2D eigenvalue weighted by Gasteiger charge is -2.35. The molecule has 3 aromatic rings. The summed E-state index contributed by atoms with van der Waals surface area (Å²) in [6, 6.07) is 19.2. The highest BCUT2D eigenvalue weighted by atomic mass is 15.2. The summed E-state index contributed by atoms with van der Waals surface area (Å²) >= 11 is 0. The fourth-order valence-electron chi connectivity index (χ4n) is 5.39. The van der Waals surface area contributed by atoms with Crippen LogP contribution in [0, 0.1) is 5.92 Å². The van der Waals surface area contributed by atoms with E-state index in [0.717, 1.165) is 79.2 Å². The number of benzene rings is 2. The van der Waals surface area contributed by atoms with Gasteiger partial charge in [-0.3, -0.25) is 0 Å². The summed E-state index contributed by atoms with van der Waals surface area (Å²) in [4.78, 5) is 9.39. The van der Waals surface area contributed by atoms with Gasteiger partial charge in [-0.1, -0.05) is 68.3 Å². The van der Waals surface area contributed by atoms with Gasteiger partial charge in [-0.2, -0.15) is 0 Å². The number of anilines is 1. The molecule has 3 heterocycles. The Kier molecular flexibility index (Phi) is 7.42. The molecule has 0 saturated carbocycles. The number of allylic oxidation sites excluding steroid dienone is 2. The van der Waals surface area contributed by atoms with Crippen molar-refractivity contribution in [2.24, 2.45) is 5.92 Å². The molecule has 0 unspecified atom stereocenters. The molecule has 2 aliphatic heterocycles. The van der Waals surface area contributed by atoms with E-state index in [1.165, 1.54) is 16.8 Å². The molecule has 0 bridgehead atoms. The Hall–Kier alpha value is -3.83. The van der Waals surface area contributed by atoms with Gasteiger partial charge in [0.1, 0.15) is 5.82 Å². The molecule has 2 fully saturated rings.